The average molecular weight is 337 g/mol. The van der Waals surface area contributed by atoms with Crippen molar-refractivity contribution in [3.8, 4) is 5.75 Å². The minimum atomic E-state index is -0.946. The second-order valence-corrected chi connectivity index (χ2v) is 5.67. The van der Waals surface area contributed by atoms with E-state index in [2.05, 4.69) is 10.6 Å². The van der Waals surface area contributed by atoms with Gasteiger partial charge in [0.1, 0.15) is 23.7 Å². The van der Waals surface area contributed by atoms with E-state index in [0.717, 1.165) is 12.1 Å². The standard InChI is InChI=1S/C15H16FN3O5/c16-8-1-3-10(4-2-8)24-15(23)17-9-5-12-13(21)18-11(7-20)14(22)19(12)6-9/h1-4,9,11-12,20H,5-7H2,(H,17,23)(H,18,21)/t9-,11+,12-/m0/s1. The van der Waals surface area contributed by atoms with Crippen molar-refractivity contribution in [3.63, 3.8) is 0 Å². The molecular formula is C15H16FN3O5. The molecule has 9 heteroatoms. The number of benzene rings is 1. The third-order valence-electron chi connectivity index (χ3n) is 4.03. The summed E-state index contributed by atoms with van der Waals surface area (Å²) < 4.78 is 17.8. The van der Waals surface area contributed by atoms with Gasteiger partial charge in [0.25, 0.3) is 0 Å². The number of aliphatic hydroxyl groups excluding tert-OH is 1. The average Bonchev–Trinajstić information content (AvgIpc) is 2.97. The molecule has 0 aliphatic carbocycles. The van der Waals surface area contributed by atoms with Gasteiger partial charge in [-0.3, -0.25) is 9.59 Å². The molecule has 2 saturated heterocycles. The van der Waals surface area contributed by atoms with Crippen LogP contribution in [-0.4, -0.2) is 59.2 Å². The maximum atomic E-state index is 12.8. The van der Waals surface area contributed by atoms with Gasteiger partial charge in [-0.1, -0.05) is 0 Å². The molecule has 0 saturated carbocycles. The van der Waals surface area contributed by atoms with Crippen molar-refractivity contribution in [3.05, 3.63) is 30.1 Å². The first-order valence-electron chi connectivity index (χ1n) is 7.43. The monoisotopic (exact) mass is 337 g/mol. The highest BCUT2D eigenvalue weighted by Crippen LogP contribution is 2.23. The lowest BCUT2D eigenvalue weighted by molar-refractivity contribution is -0.148. The Kier molecular flexibility index (Phi) is 4.34. The molecular weight excluding hydrogens is 321 g/mol. The van der Waals surface area contributed by atoms with Gasteiger partial charge in [0.05, 0.1) is 12.6 Å². The number of aliphatic hydroxyl groups is 1. The Morgan fingerprint density at radius 3 is 2.75 bits per heavy atom. The molecule has 3 amide bonds. The Morgan fingerprint density at radius 1 is 1.38 bits per heavy atom. The Balaban J connectivity index is 1.59. The lowest BCUT2D eigenvalue weighted by Gasteiger charge is -2.33. The lowest BCUT2D eigenvalue weighted by Crippen LogP contribution is -2.62. The van der Waals surface area contributed by atoms with Gasteiger partial charge in [0.15, 0.2) is 0 Å². The number of hydrogen-bond donors (Lipinski definition) is 3. The van der Waals surface area contributed by atoms with E-state index in [1.807, 2.05) is 0 Å². The van der Waals surface area contributed by atoms with Crippen LogP contribution >= 0.6 is 0 Å². The lowest BCUT2D eigenvalue weighted by atomic mass is 10.1. The second kappa shape index (κ2) is 6.44. The molecule has 2 aliphatic heterocycles. The van der Waals surface area contributed by atoms with E-state index < -0.39 is 36.6 Å². The summed E-state index contributed by atoms with van der Waals surface area (Å²) in [5.41, 5.74) is 0. The van der Waals surface area contributed by atoms with Crippen molar-refractivity contribution >= 4 is 17.9 Å². The zero-order chi connectivity index (χ0) is 17.3. The molecule has 1 aromatic rings. The normalized spacial score (nSPS) is 25.9. The third kappa shape index (κ3) is 3.16. The fraction of sp³-hybridized carbons (Fsp3) is 0.400. The number of nitrogens with one attached hydrogen (secondary N) is 2. The Labute approximate surface area is 136 Å². The number of halogens is 1. The first-order valence-corrected chi connectivity index (χ1v) is 7.43. The summed E-state index contributed by atoms with van der Waals surface area (Å²) in [5, 5.41) is 14.1. The van der Waals surface area contributed by atoms with Gasteiger partial charge in [-0.15, -0.1) is 0 Å². The van der Waals surface area contributed by atoms with E-state index in [1.165, 1.54) is 17.0 Å². The maximum Gasteiger partial charge on any atom is 0.412 e. The van der Waals surface area contributed by atoms with Gasteiger partial charge in [-0.25, -0.2) is 9.18 Å². The van der Waals surface area contributed by atoms with Crippen molar-refractivity contribution in [1.82, 2.24) is 15.5 Å². The first kappa shape index (κ1) is 16.2. The number of nitrogens with zero attached hydrogens (tertiary/aromatic N) is 1. The van der Waals surface area contributed by atoms with Crippen molar-refractivity contribution in [2.45, 2.75) is 24.5 Å². The molecule has 3 N–H and O–H groups in total. The largest absolute Gasteiger partial charge is 0.412 e. The predicted molar refractivity (Wildman–Crippen MR) is 78.5 cm³/mol. The molecule has 0 aromatic heterocycles. The topological polar surface area (TPSA) is 108 Å². The van der Waals surface area contributed by atoms with Crippen molar-refractivity contribution < 1.29 is 28.6 Å². The van der Waals surface area contributed by atoms with Crippen molar-refractivity contribution in [1.29, 1.82) is 0 Å². The number of fused-ring (bicyclic) bond motifs is 1. The molecule has 128 valence electrons. The van der Waals surface area contributed by atoms with Crippen LogP contribution in [0.3, 0.4) is 0 Å². The predicted octanol–water partition coefficient (Wildman–Crippen LogP) is -0.626. The molecule has 3 atom stereocenters. The van der Waals surface area contributed by atoms with Gasteiger partial charge < -0.3 is 25.4 Å². The van der Waals surface area contributed by atoms with Crippen LogP contribution < -0.4 is 15.4 Å². The molecule has 0 spiro atoms. The number of piperazine rings is 1. The molecule has 0 unspecified atom stereocenters. The Bertz CT molecular complexity index is 666. The fourth-order valence-electron chi connectivity index (χ4n) is 2.89. The van der Waals surface area contributed by atoms with Gasteiger partial charge in [0.2, 0.25) is 11.8 Å². The summed E-state index contributed by atoms with van der Waals surface area (Å²) in [7, 11) is 0. The number of carbonyl (C=O) groups excluding carboxylic acids is 3. The highest BCUT2D eigenvalue weighted by molar-refractivity contribution is 5.97. The van der Waals surface area contributed by atoms with E-state index in [-0.39, 0.29) is 30.5 Å². The molecule has 2 aliphatic rings. The highest BCUT2D eigenvalue weighted by Gasteiger charge is 2.46. The summed E-state index contributed by atoms with van der Waals surface area (Å²) in [6.07, 6.45) is -0.494. The van der Waals surface area contributed by atoms with E-state index in [4.69, 9.17) is 9.84 Å². The minimum Gasteiger partial charge on any atom is -0.410 e. The zero-order valence-corrected chi connectivity index (χ0v) is 12.6. The van der Waals surface area contributed by atoms with Crippen LogP contribution in [0.25, 0.3) is 0 Å². The van der Waals surface area contributed by atoms with E-state index >= 15 is 0 Å². The third-order valence-corrected chi connectivity index (χ3v) is 4.03. The van der Waals surface area contributed by atoms with Crippen molar-refractivity contribution in [2.24, 2.45) is 0 Å². The summed E-state index contributed by atoms with van der Waals surface area (Å²) in [6, 6.07) is 2.89. The molecule has 8 nitrogen and oxygen atoms in total. The molecule has 24 heavy (non-hydrogen) atoms. The molecule has 2 fully saturated rings. The van der Waals surface area contributed by atoms with Gasteiger partial charge in [0, 0.05) is 6.54 Å². The number of hydrogen-bond acceptors (Lipinski definition) is 5. The Morgan fingerprint density at radius 2 is 2.08 bits per heavy atom. The van der Waals surface area contributed by atoms with Gasteiger partial charge in [-0.2, -0.15) is 0 Å². The maximum absolute atomic E-state index is 12.8. The fourth-order valence-corrected chi connectivity index (χ4v) is 2.89. The summed E-state index contributed by atoms with van der Waals surface area (Å²) in [5.74, 6) is -1.000. The van der Waals surface area contributed by atoms with Crippen LogP contribution in [0.5, 0.6) is 5.75 Å². The SMILES string of the molecule is O=C(N[C@H]1C[C@H]2C(=O)N[C@H](CO)C(=O)N2C1)Oc1ccc(F)cc1. The van der Waals surface area contributed by atoms with E-state index in [9.17, 15) is 18.8 Å². The molecule has 0 bridgehead atoms. The zero-order valence-electron chi connectivity index (χ0n) is 12.6. The quantitative estimate of drug-likeness (QED) is 0.681. The van der Waals surface area contributed by atoms with Crippen LogP contribution in [0.1, 0.15) is 6.42 Å². The van der Waals surface area contributed by atoms with E-state index in [0.29, 0.717) is 0 Å². The van der Waals surface area contributed by atoms with Crippen molar-refractivity contribution in [2.75, 3.05) is 13.2 Å². The minimum absolute atomic E-state index is 0.159. The summed E-state index contributed by atoms with van der Waals surface area (Å²) in [6.45, 7) is -0.315. The van der Waals surface area contributed by atoms with Crippen LogP contribution in [0.15, 0.2) is 24.3 Å². The molecule has 2 heterocycles. The summed E-state index contributed by atoms with van der Waals surface area (Å²) >= 11 is 0. The molecule has 3 rings (SSSR count). The summed E-state index contributed by atoms with van der Waals surface area (Å²) in [4.78, 5) is 37.3. The van der Waals surface area contributed by atoms with Gasteiger partial charge >= 0.3 is 6.09 Å². The van der Waals surface area contributed by atoms with Crippen LogP contribution in [0.4, 0.5) is 9.18 Å². The number of rotatable bonds is 3. The van der Waals surface area contributed by atoms with E-state index in [1.54, 1.807) is 0 Å². The molecule has 0 radical (unpaired) electrons. The number of amides is 3. The second-order valence-electron chi connectivity index (χ2n) is 5.67. The van der Waals surface area contributed by atoms with Crippen LogP contribution in [0, 0.1) is 5.82 Å². The van der Waals surface area contributed by atoms with Crippen LogP contribution in [0.2, 0.25) is 0 Å². The highest BCUT2D eigenvalue weighted by atomic mass is 19.1. The first-order chi connectivity index (χ1) is 11.5. The number of ether oxygens (including phenoxy) is 1. The smallest absolute Gasteiger partial charge is 0.410 e. The Hall–Kier alpha value is -2.68. The number of carbonyl (C=O) groups is 3. The van der Waals surface area contributed by atoms with Crippen LogP contribution in [-0.2, 0) is 9.59 Å². The van der Waals surface area contributed by atoms with Gasteiger partial charge in [-0.05, 0) is 30.7 Å². The molecule has 1 aromatic carbocycles.